The Morgan fingerprint density at radius 3 is 2.54 bits per heavy atom. The summed E-state index contributed by atoms with van der Waals surface area (Å²) >= 11 is 0. The van der Waals surface area contributed by atoms with Gasteiger partial charge in [0.25, 0.3) is 0 Å². The summed E-state index contributed by atoms with van der Waals surface area (Å²) in [4.78, 5) is 11.2. The van der Waals surface area contributed by atoms with Crippen molar-refractivity contribution in [3.05, 3.63) is 29.5 Å². The Kier molecular flexibility index (Phi) is 6.71. The Hall–Kier alpha value is -1.97. The molecule has 0 bridgehead atoms. The zero-order valence-corrected chi connectivity index (χ0v) is 15.1. The fourth-order valence-electron chi connectivity index (χ4n) is 3.37. The zero-order chi connectivity index (χ0) is 17.5. The van der Waals surface area contributed by atoms with Crippen molar-refractivity contribution < 1.29 is 14.6 Å². The van der Waals surface area contributed by atoms with Crippen molar-refractivity contribution in [1.29, 1.82) is 0 Å². The van der Waals surface area contributed by atoms with Gasteiger partial charge in [0.2, 0.25) is 0 Å². The van der Waals surface area contributed by atoms with Gasteiger partial charge in [-0.1, -0.05) is 39.0 Å². The molecule has 132 valence electrons. The molecule has 0 aliphatic rings. The molecule has 1 heterocycles. The molecule has 4 heteroatoms. The molecule has 24 heavy (non-hydrogen) atoms. The molecule has 0 radical (unpaired) electrons. The van der Waals surface area contributed by atoms with Gasteiger partial charge in [-0.3, -0.25) is 4.79 Å². The van der Waals surface area contributed by atoms with Crippen molar-refractivity contribution in [2.75, 3.05) is 7.11 Å². The molecule has 0 unspecified atom stereocenters. The molecule has 0 aliphatic heterocycles. The van der Waals surface area contributed by atoms with Crippen LogP contribution >= 0.6 is 0 Å². The maximum absolute atomic E-state index is 11.2. The smallest absolute Gasteiger partial charge is 0.307 e. The minimum absolute atomic E-state index is 0.0546. The van der Waals surface area contributed by atoms with Crippen LogP contribution in [0.25, 0.3) is 10.9 Å². The van der Waals surface area contributed by atoms with Crippen molar-refractivity contribution in [2.45, 2.75) is 65.3 Å². The monoisotopic (exact) mass is 331 g/mol. The first-order valence-corrected chi connectivity index (χ1v) is 8.96. The van der Waals surface area contributed by atoms with E-state index in [0.717, 1.165) is 40.9 Å². The van der Waals surface area contributed by atoms with Gasteiger partial charge in [0.1, 0.15) is 5.75 Å². The Bertz CT molecular complexity index is 688. The number of methoxy groups -OCH3 is 1. The number of ether oxygens (including phenoxy) is 1. The second kappa shape index (κ2) is 8.76. The van der Waals surface area contributed by atoms with Gasteiger partial charge >= 0.3 is 5.97 Å². The third kappa shape index (κ3) is 4.31. The van der Waals surface area contributed by atoms with Gasteiger partial charge in [-0.05, 0) is 37.1 Å². The van der Waals surface area contributed by atoms with Crippen LogP contribution in [0.3, 0.4) is 0 Å². The number of aryl methyl sites for hydroxylation is 1. The summed E-state index contributed by atoms with van der Waals surface area (Å²) in [7, 11) is 1.64. The number of carbonyl (C=O) groups is 1. The fourth-order valence-corrected chi connectivity index (χ4v) is 3.37. The van der Waals surface area contributed by atoms with Gasteiger partial charge in [0.15, 0.2) is 0 Å². The van der Waals surface area contributed by atoms with Crippen molar-refractivity contribution in [3.63, 3.8) is 0 Å². The van der Waals surface area contributed by atoms with E-state index in [-0.39, 0.29) is 6.42 Å². The number of rotatable bonds is 10. The molecule has 4 nitrogen and oxygen atoms in total. The number of benzene rings is 1. The number of nitrogens with zero attached hydrogens (tertiary/aromatic N) is 1. The molecule has 0 amide bonds. The Morgan fingerprint density at radius 1 is 1.17 bits per heavy atom. The molecule has 0 fully saturated rings. The summed E-state index contributed by atoms with van der Waals surface area (Å²) in [6.45, 7) is 5.20. The van der Waals surface area contributed by atoms with E-state index in [1.54, 1.807) is 7.11 Å². The quantitative estimate of drug-likeness (QED) is 0.627. The molecule has 1 aromatic heterocycles. The molecule has 0 saturated heterocycles. The highest BCUT2D eigenvalue weighted by atomic mass is 16.5. The first-order valence-electron chi connectivity index (χ1n) is 8.96. The van der Waals surface area contributed by atoms with E-state index in [1.165, 1.54) is 32.1 Å². The summed E-state index contributed by atoms with van der Waals surface area (Å²) < 4.78 is 7.58. The van der Waals surface area contributed by atoms with Gasteiger partial charge in [-0.15, -0.1) is 0 Å². The highest BCUT2D eigenvalue weighted by Crippen LogP contribution is 2.30. The van der Waals surface area contributed by atoms with Crippen molar-refractivity contribution in [2.24, 2.45) is 0 Å². The van der Waals surface area contributed by atoms with E-state index in [1.807, 2.05) is 25.1 Å². The summed E-state index contributed by atoms with van der Waals surface area (Å²) in [5, 5.41) is 10.2. The molecule has 1 aromatic carbocycles. The summed E-state index contributed by atoms with van der Waals surface area (Å²) in [6.07, 6.45) is 7.58. The number of carboxylic acids is 1. The number of aromatic nitrogens is 1. The molecule has 2 aromatic rings. The van der Waals surface area contributed by atoms with E-state index in [0.29, 0.717) is 0 Å². The molecule has 0 spiro atoms. The fraction of sp³-hybridized carbons (Fsp3) is 0.550. The number of fused-ring (bicyclic) bond motifs is 1. The first-order chi connectivity index (χ1) is 11.6. The van der Waals surface area contributed by atoms with E-state index >= 15 is 0 Å². The lowest BCUT2D eigenvalue weighted by Crippen LogP contribution is -2.04. The average molecular weight is 331 g/mol. The lowest BCUT2D eigenvalue weighted by Gasteiger charge is -2.09. The summed E-state index contributed by atoms with van der Waals surface area (Å²) in [5.41, 5.74) is 3.08. The van der Waals surface area contributed by atoms with Crippen molar-refractivity contribution >= 4 is 16.9 Å². The van der Waals surface area contributed by atoms with Crippen LogP contribution in [0.2, 0.25) is 0 Å². The molecule has 2 rings (SSSR count). The Morgan fingerprint density at radius 2 is 1.88 bits per heavy atom. The molecule has 0 aliphatic carbocycles. The number of hydrogen-bond donors (Lipinski definition) is 1. The van der Waals surface area contributed by atoms with Crippen LogP contribution in [0.4, 0.5) is 0 Å². The SMILES string of the molecule is CCCCCCCCn1c(C)c(CC(=O)O)c2cc(OC)ccc21. The maximum Gasteiger partial charge on any atom is 0.307 e. The van der Waals surface area contributed by atoms with Crippen LogP contribution in [0.1, 0.15) is 56.7 Å². The molecule has 1 N–H and O–H groups in total. The average Bonchev–Trinajstić information content (AvgIpc) is 2.82. The lowest BCUT2D eigenvalue weighted by atomic mass is 10.1. The topological polar surface area (TPSA) is 51.5 Å². The maximum atomic E-state index is 11.2. The summed E-state index contributed by atoms with van der Waals surface area (Å²) in [5.74, 6) is -0.0228. The van der Waals surface area contributed by atoms with Crippen molar-refractivity contribution in [1.82, 2.24) is 4.57 Å². The predicted octanol–water partition coefficient (Wildman–Crippen LogP) is 4.95. The van der Waals surface area contributed by atoms with Crippen LogP contribution in [-0.2, 0) is 17.8 Å². The standard InChI is InChI=1S/C20H29NO3/c1-4-5-6-7-8-9-12-21-15(2)17(14-20(22)23)18-13-16(24-3)10-11-19(18)21/h10-11,13H,4-9,12,14H2,1-3H3,(H,22,23). The normalized spacial score (nSPS) is 11.1. The van der Waals surface area contributed by atoms with E-state index in [4.69, 9.17) is 4.74 Å². The third-order valence-electron chi connectivity index (χ3n) is 4.72. The van der Waals surface area contributed by atoms with Crippen molar-refractivity contribution in [3.8, 4) is 5.75 Å². The Labute approximate surface area is 144 Å². The van der Waals surface area contributed by atoms with Crippen LogP contribution in [-0.4, -0.2) is 22.8 Å². The second-order valence-electron chi connectivity index (χ2n) is 6.44. The minimum atomic E-state index is -0.792. The number of aliphatic carboxylic acids is 1. The van der Waals surface area contributed by atoms with Crippen LogP contribution in [0, 0.1) is 6.92 Å². The van der Waals surface area contributed by atoms with E-state index in [2.05, 4.69) is 11.5 Å². The highest BCUT2D eigenvalue weighted by molar-refractivity contribution is 5.90. The van der Waals surface area contributed by atoms with E-state index < -0.39 is 5.97 Å². The third-order valence-corrected chi connectivity index (χ3v) is 4.72. The number of hydrogen-bond acceptors (Lipinski definition) is 2. The molecule has 0 saturated carbocycles. The number of unbranched alkanes of at least 4 members (excludes halogenated alkanes) is 5. The largest absolute Gasteiger partial charge is 0.497 e. The highest BCUT2D eigenvalue weighted by Gasteiger charge is 2.16. The van der Waals surface area contributed by atoms with Gasteiger partial charge in [0.05, 0.1) is 13.5 Å². The first kappa shape index (κ1) is 18.4. The number of carboxylic acid groups (broad SMARTS) is 1. The van der Waals surface area contributed by atoms with Crippen LogP contribution < -0.4 is 4.74 Å². The van der Waals surface area contributed by atoms with Gasteiger partial charge < -0.3 is 14.4 Å². The van der Waals surface area contributed by atoms with Gasteiger partial charge in [0, 0.05) is 23.1 Å². The van der Waals surface area contributed by atoms with Gasteiger partial charge in [-0.25, -0.2) is 0 Å². The van der Waals surface area contributed by atoms with Crippen LogP contribution in [0.5, 0.6) is 5.75 Å². The molecular formula is C20H29NO3. The molecular weight excluding hydrogens is 302 g/mol. The lowest BCUT2D eigenvalue weighted by molar-refractivity contribution is -0.136. The Balaban J connectivity index is 2.22. The molecule has 0 atom stereocenters. The van der Waals surface area contributed by atoms with E-state index in [9.17, 15) is 9.90 Å². The van der Waals surface area contributed by atoms with Gasteiger partial charge in [-0.2, -0.15) is 0 Å². The zero-order valence-electron chi connectivity index (χ0n) is 15.1. The summed E-state index contributed by atoms with van der Waals surface area (Å²) in [6, 6.07) is 5.95. The predicted molar refractivity (Wildman–Crippen MR) is 97.9 cm³/mol. The second-order valence-corrected chi connectivity index (χ2v) is 6.44. The van der Waals surface area contributed by atoms with Crippen LogP contribution in [0.15, 0.2) is 18.2 Å². The minimum Gasteiger partial charge on any atom is -0.497 e.